The summed E-state index contributed by atoms with van der Waals surface area (Å²) >= 11 is 0. The maximum absolute atomic E-state index is 11.6. The van der Waals surface area contributed by atoms with Crippen LogP contribution in [0.15, 0.2) is 0 Å². The van der Waals surface area contributed by atoms with E-state index in [2.05, 4.69) is 5.32 Å². The van der Waals surface area contributed by atoms with E-state index in [0.717, 1.165) is 6.42 Å². The van der Waals surface area contributed by atoms with E-state index in [0.29, 0.717) is 19.5 Å². The Kier molecular flexibility index (Phi) is 5.91. The van der Waals surface area contributed by atoms with Crippen LogP contribution in [-0.4, -0.2) is 72.0 Å². The van der Waals surface area contributed by atoms with Gasteiger partial charge < -0.3 is 10.0 Å². The summed E-state index contributed by atoms with van der Waals surface area (Å²) in [5.41, 5.74) is 0. The number of amides is 3. The van der Waals surface area contributed by atoms with Gasteiger partial charge in [-0.2, -0.15) is 0 Å². The standard InChI is InChI=1S/C12H21N3O4/c1-9(16)6-14(2)7-10(17)13-11(18)8-15-5-3-4-12(15)19/h9,16H,3-8H2,1-2H3,(H,13,17,18). The van der Waals surface area contributed by atoms with Crippen molar-refractivity contribution in [1.29, 1.82) is 0 Å². The second kappa shape index (κ2) is 7.20. The van der Waals surface area contributed by atoms with Crippen LogP contribution >= 0.6 is 0 Å². The van der Waals surface area contributed by atoms with E-state index in [9.17, 15) is 14.4 Å². The molecule has 0 bridgehead atoms. The molecule has 2 N–H and O–H groups in total. The summed E-state index contributed by atoms with van der Waals surface area (Å²) in [5.74, 6) is -0.945. The fourth-order valence-corrected chi connectivity index (χ4v) is 2.04. The highest BCUT2D eigenvalue weighted by atomic mass is 16.3. The van der Waals surface area contributed by atoms with Crippen LogP contribution in [0.4, 0.5) is 0 Å². The van der Waals surface area contributed by atoms with Gasteiger partial charge in [0.15, 0.2) is 0 Å². The first-order chi connectivity index (χ1) is 8.88. The minimum absolute atomic E-state index is 0.0323. The molecule has 0 radical (unpaired) electrons. The lowest BCUT2D eigenvalue weighted by atomic mass is 10.3. The summed E-state index contributed by atoms with van der Waals surface area (Å²) in [5, 5.41) is 11.4. The number of aliphatic hydroxyl groups excluding tert-OH is 1. The molecule has 1 fully saturated rings. The van der Waals surface area contributed by atoms with Crippen molar-refractivity contribution in [2.45, 2.75) is 25.9 Å². The summed E-state index contributed by atoms with van der Waals surface area (Å²) in [6.45, 7) is 2.52. The Morgan fingerprint density at radius 1 is 1.47 bits per heavy atom. The molecule has 0 aliphatic carbocycles. The van der Waals surface area contributed by atoms with Gasteiger partial charge >= 0.3 is 0 Å². The molecule has 1 heterocycles. The molecule has 1 unspecified atom stereocenters. The van der Waals surface area contributed by atoms with Gasteiger partial charge in [0.1, 0.15) is 0 Å². The lowest BCUT2D eigenvalue weighted by Gasteiger charge is -2.18. The first-order valence-electron chi connectivity index (χ1n) is 6.35. The molecule has 0 aromatic carbocycles. The minimum atomic E-state index is -0.532. The Balaban J connectivity index is 2.27. The highest BCUT2D eigenvalue weighted by Crippen LogP contribution is 2.08. The van der Waals surface area contributed by atoms with Crippen molar-refractivity contribution in [3.8, 4) is 0 Å². The summed E-state index contributed by atoms with van der Waals surface area (Å²) in [6.07, 6.45) is 0.700. The fourth-order valence-electron chi connectivity index (χ4n) is 2.04. The van der Waals surface area contributed by atoms with E-state index < -0.39 is 17.9 Å². The Morgan fingerprint density at radius 3 is 2.68 bits per heavy atom. The Labute approximate surface area is 112 Å². The molecule has 19 heavy (non-hydrogen) atoms. The van der Waals surface area contributed by atoms with Crippen molar-refractivity contribution in [3.05, 3.63) is 0 Å². The van der Waals surface area contributed by atoms with Crippen LogP contribution in [0.2, 0.25) is 0 Å². The van der Waals surface area contributed by atoms with E-state index in [4.69, 9.17) is 5.11 Å². The van der Waals surface area contributed by atoms with E-state index in [1.54, 1.807) is 18.9 Å². The highest BCUT2D eigenvalue weighted by molar-refractivity contribution is 5.98. The molecular weight excluding hydrogens is 250 g/mol. The molecule has 1 aliphatic rings. The Morgan fingerprint density at radius 2 is 2.16 bits per heavy atom. The summed E-state index contributed by atoms with van der Waals surface area (Å²) in [7, 11) is 1.68. The highest BCUT2D eigenvalue weighted by Gasteiger charge is 2.23. The number of nitrogens with one attached hydrogen (secondary N) is 1. The number of likely N-dealkylation sites (N-methyl/N-ethyl adjacent to an activating group) is 1. The third-order valence-corrected chi connectivity index (χ3v) is 2.77. The van der Waals surface area contributed by atoms with Crippen LogP contribution in [0.25, 0.3) is 0 Å². The second-order valence-corrected chi connectivity index (χ2v) is 4.94. The maximum atomic E-state index is 11.6. The minimum Gasteiger partial charge on any atom is -0.392 e. The first kappa shape index (κ1) is 15.6. The van der Waals surface area contributed by atoms with Gasteiger partial charge in [-0.15, -0.1) is 0 Å². The van der Waals surface area contributed by atoms with Crippen molar-refractivity contribution in [2.75, 3.05) is 33.2 Å². The van der Waals surface area contributed by atoms with Gasteiger partial charge in [0, 0.05) is 19.5 Å². The third kappa shape index (κ3) is 5.80. The lowest BCUT2D eigenvalue weighted by Crippen LogP contribution is -2.44. The van der Waals surface area contributed by atoms with Crippen LogP contribution in [0.3, 0.4) is 0 Å². The average molecular weight is 271 g/mol. The van der Waals surface area contributed by atoms with Gasteiger partial charge in [-0.3, -0.25) is 24.6 Å². The predicted molar refractivity (Wildman–Crippen MR) is 68.1 cm³/mol. The molecule has 0 saturated carbocycles. The van der Waals surface area contributed by atoms with Gasteiger partial charge in [0.05, 0.1) is 19.2 Å². The van der Waals surface area contributed by atoms with E-state index in [1.165, 1.54) is 4.90 Å². The molecule has 1 aliphatic heterocycles. The summed E-state index contributed by atoms with van der Waals surface area (Å²) < 4.78 is 0. The lowest BCUT2D eigenvalue weighted by molar-refractivity contribution is -0.136. The molecule has 0 aromatic heterocycles. The molecule has 7 heteroatoms. The maximum Gasteiger partial charge on any atom is 0.246 e. The molecule has 1 rings (SSSR count). The molecule has 1 atom stereocenters. The molecule has 108 valence electrons. The number of hydrogen-bond donors (Lipinski definition) is 2. The normalized spacial score (nSPS) is 16.8. The van der Waals surface area contributed by atoms with Crippen molar-refractivity contribution in [2.24, 2.45) is 0 Å². The van der Waals surface area contributed by atoms with Gasteiger partial charge in [-0.05, 0) is 20.4 Å². The van der Waals surface area contributed by atoms with Crippen LogP contribution in [-0.2, 0) is 14.4 Å². The van der Waals surface area contributed by atoms with Crippen LogP contribution in [0, 0.1) is 0 Å². The number of carbonyl (C=O) groups is 3. The fraction of sp³-hybridized carbons (Fsp3) is 0.750. The molecule has 0 aromatic rings. The van der Waals surface area contributed by atoms with Crippen LogP contribution < -0.4 is 5.32 Å². The van der Waals surface area contributed by atoms with E-state index >= 15 is 0 Å². The molecule has 3 amide bonds. The Hall–Kier alpha value is -1.47. The third-order valence-electron chi connectivity index (χ3n) is 2.77. The van der Waals surface area contributed by atoms with Crippen molar-refractivity contribution < 1.29 is 19.5 Å². The smallest absolute Gasteiger partial charge is 0.246 e. The first-order valence-corrected chi connectivity index (χ1v) is 6.35. The average Bonchev–Trinajstić information content (AvgIpc) is 2.62. The Bertz CT molecular complexity index is 357. The van der Waals surface area contributed by atoms with Crippen molar-refractivity contribution in [3.63, 3.8) is 0 Å². The monoisotopic (exact) mass is 271 g/mol. The number of imide groups is 1. The number of carbonyl (C=O) groups excluding carboxylic acids is 3. The van der Waals surface area contributed by atoms with Crippen LogP contribution in [0.5, 0.6) is 0 Å². The zero-order chi connectivity index (χ0) is 14.4. The molecule has 1 saturated heterocycles. The number of hydrogen-bond acceptors (Lipinski definition) is 5. The number of likely N-dealkylation sites (tertiary alicyclic amines) is 1. The zero-order valence-corrected chi connectivity index (χ0v) is 11.4. The molecule has 7 nitrogen and oxygen atoms in total. The van der Waals surface area contributed by atoms with E-state index in [1.807, 2.05) is 0 Å². The molecule has 0 spiro atoms. The SMILES string of the molecule is CC(O)CN(C)CC(=O)NC(=O)CN1CCCC1=O. The van der Waals surface area contributed by atoms with Gasteiger partial charge in [0.25, 0.3) is 0 Å². The second-order valence-electron chi connectivity index (χ2n) is 4.94. The van der Waals surface area contributed by atoms with Gasteiger partial charge in [-0.25, -0.2) is 0 Å². The van der Waals surface area contributed by atoms with Crippen molar-refractivity contribution >= 4 is 17.7 Å². The van der Waals surface area contributed by atoms with Gasteiger partial charge in [0.2, 0.25) is 17.7 Å². The molecular formula is C12H21N3O4. The number of aliphatic hydroxyl groups is 1. The quantitative estimate of drug-likeness (QED) is 0.618. The zero-order valence-electron chi connectivity index (χ0n) is 11.4. The van der Waals surface area contributed by atoms with Crippen molar-refractivity contribution in [1.82, 2.24) is 15.1 Å². The largest absolute Gasteiger partial charge is 0.392 e. The predicted octanol–water partition coefficient (Wildman–Crippen LogP) is -1.44. The van der Waals surface area contributed by atoms with Crippen LogP contribution in [0.1, 0.15) is 19.8 Å². The number of nitrogens with zero attached hydrogens (tertiary/aromatic N) is 2. The topological polar surface area (TPSA) is 89.9 Å². The van der Waals surface area contributed by atoms with E-state index in [-0.39, 0.29) is 19.0 Å². The summed E-state index contributed by atoms with van der Waals surface area (Å²) in [4.78, 5) is 37.5. The number of rotatable bonds is 6. The van der Waals surface area contributed by atoms with Gasteiger partial charge in [-0.1, -0.05) is 0 Å². The summed E-state index contributed by atoms with van der Waals surface area (Å²) in [6, 6.07) is 0.